The number of fused-ring (bicyclic) bond motifs is 2. The molecule has 2 aliphatic rings. The van der Waals surface area contributed by atoms with Crippen molar-refractivity contribution in [2.24, 2.45) is 0 Å². The second kappa shape index (κ2) is 6.40. The van der Waals surface area contributed by atoms with Crippen molar-refractivity contribution in [3.05, 3.63) is 53.0 Å². The summed E-state index contributed by atoms with van der Waals surface area (Å²) in [5, 5.41) is 2.91. The van der Waals surface area contributed by atoms with Crippen LogP contribution in [0, 0.1) is 0 Å². The molecule has 4 rings (SSSR count). The van der Waals surface area contributed by atoms with Gasteiger partial charge in [-0.25, -0.2) is 9.97 Å². The monoisotopic (exact) mass is 351 g/mol. The van der Waals surface area contributed by atoms with Crippen LogP contribution in [0.4, 0.5) is 5.82 Å². The Morgan fingerprint density at radius 2 is 2.12 bits per heavy atom. The Hall–Kier alpha value is -2.96. The van der Waals surface area contributed by atoms with Gasteiger partial charge in [0, 0.05) is 31.8 Å². The number of carbonyl (C=O) groups is 2. The van der Waals surface area contributed by atoms with Crippen molar-refractivity contribution < 1.29 is 9.59 Å². The van der Waals surface area contributed by atoms with E-state index in [9.17, 15) is 9.59 Å². The number of aromatic nitrogens is 2. The molecule has 0 aliphatic carbocycles. The van der Waals surface area contributed by atoms with Gasteiger partial charge < -0.3 is 15.1 Å². The number of hydrogen-bond acceptors (Lipinski definition) is 5. The largest absolute Gasteiger partial charge is 0.362 e. The number of nitrogens with one attached hydrogen (secondary N) is 1. The molecular formula is C19H21N5O2. The fourth-order valence-electron chi connectivity index (χ4n) is 3.72. The Labute approximate surface area is 152 Å². The van der Waals surface area contributed by atoms with Crippen molar-refractivity contribution in [1.29, 1.82) is 0 Å². The van der Waals surface area contributed by atoms with Crippen molar-refractivity contribution in [2.75, 3.05) is 25.5 Å². The molecule has 134 valence electrons. The highest BCUT2D eigenvalue weighted by Gasteiger charge is 2.32. The van der Waals surface area contributed by atoms with Gasteiger partial charge in [-0.1, -0.05) is 18.2 Å². The molecule has 7 nitrogen and oxygen atoms in total. The summed E-state index contributed by atoms with van der Waals surface area (Å²) in [6.45, 7) is 1.13. The van der Waals surface area contributed by atoms with Crippen molar-refractivity contribution in [3.8, 4) is 0 Å². The molecule has 1 aromatic heterocycles. The van der Waals surface area contributed by atoms with E-state index in [-0.39, 0.29) is 24.3 Å². The van der Waals surface area contributed by atoms with Gasteiger partial charge in [0.15, 0.2) is 0 Å². The van der Waals surface area contributed by atoms with Crippen LogP contribution in [-0.2, 0) is 17.8 Å². The maximum absolute atomic E-state index is 12.8. The molecule has 3 heterocycles. The Morgan fingerprint density at radius 1 is 1.31 bits per heavy atom. The minimum atomic E-state index is -0.254. The fourth-order valence-corrected chi connectivity index (χ4v) is 3.72. The van der Waals surface area contributed by atoms with Crippen molar-refractivity contribution in [1.82, 2.24) is 20.2 Å². The van der Waals surface area contributed by atoms with Crippen molar-refractivity contribution in [2.45, 2.75) is 25.4 Å². The first-order valence-corrected chi connectivity index (χ1v) is 8.72. The third-order valence-corrected chi connectivity index (χ3v) is 5.03. The first-order valence-electron chi connectivity index (χ1n) is 8.72. The maximum Gasteiger partial charge on any atom is 0.252 e. The van der Waals surface area contributed by atoms with Crippen LogP contribution in [0.25, 0.3) is 0 Å². The second-order valence-electron chi connectivity index (χ2n) is 6.90. The van der Waals surface area contributed by atoms with Crippen LogP contribution in [-0.4, -0.2) is 47.3 Å². The molecule has 26 heavy (non-hydrogen) atoms. The summed E-state index contributed by atoms with van der Waals surface area (Å²) in [7, 11) is 3.92. The van der Waals surface area contributed by atoms with Crippen LogP contribution in [0.1, 0.15) is 39.6 Å². The van der Waals surface area contributed by atoms with Gasteiger partial charge in [-0.3, -0.25) is 9.59 Å². The van der Waals surface area contributed by atoms with E-state index >= 15 is 0 Å². The van der Waals surface area contributed by atoms with Gasteiger partial charge in [-0.15, -0.1) is 0 Å². The molecule has 0 fully saturated rings. The second-order valence-corrected chi connectivity index (χ2v) is 6.90. The van der Waals surface area contributed by atoms with E-state index in [2.05, 4.69) is 15.3 Å². The summed E-state index contributed by atoms with van der Waals surface area (Å²) >= 11 is 0. The number of carbonyl (C=O) groups excluding carboxylic acids is 2. The lowest BCUT2D eigenvalue weighted by molar-refractivity contribution is -0.132. The predicted molar refractivity (Wildman–Crippen MR) is 96.7 cm³/mol. The standard InChI is InChI=1S/C19H21N5O2/c1-23(2)18-14-7-8-24(10-16(14)20-11-21-18)17(25)9-15-12-5-3-4-6-13(12)19(26)22-15/h3-6,11,15H,7-10H2,1-2H3,(H,22,26)/t15-/m0/s1. The van der Waals surface area contributed by atoms with Crippen LogP contribution in [0.5, 0.6) is 0 Å². The number of amides is 2. The summed E-state index contributed by atoms with van der Waals surface area (Å²) in [6, 6.07) is 7.19. The Kier molecular flexibility index (Phi) is 4.06. The van der Waals surface area contributed by atoms with Crippen molar-refractivity contribution in [3.63, 3.8) is 0 Å². The van der Waals surface area contributed by atoms with Gasteiger partial charge in [-0.2, -0.15) is 0 Å². The molecule has 0 radical (unpaired) electrons. The molecular weight excluding hydrogens is 330 g/mol. The Bertz CT molecular complexity index is 880. The molecule has 1 atom stereocenters. The minimum Gasteiger partial charge on any atom is -0.362 e. The van der Waals surface area contributed by atoms with E-state index in [1.54, 1.807) is 12.4 Å². The van der Waals surface area contributed by atoms with E-state index in [4.69, 9.17) is 0 Å². The van der Waals surface area contributed by atoms with Gasteiger partial charge in [0.1, 0.15) is 12.1 Å². The average Bonchev–Trinajstić information content (AvgIpc) is 2.96. The molecule has 1 N–H and O–H groups in total. The van der Waals surface area contributed by atoms with Crippen LogP contribution in [0.3, 0.4) is 0 Å². The smallest absolute Gasteiger partial charge is 0.252 e. The molecule has 0 saturated carbocycles. The molecule has 0 bridgehead atoms. The Balaban J connectivity index is 1.49. The zero-order valence-corrected chi connectivity index (χ0v) is 14.9. The van der Waals surface area contributed by atoms with E-state index in [1.807, 2.05) is 42.1 Å². The first kappa shape index (κ1) is 16.5. The van der Waals surface area contributed by atoms with Crippen LogP contribution in [0.2, 0.25) is 0 Å². The lowest BCUT2D eigenvalue weighted by Crippen LogP contribution is -2.38. The van der Waals surface area contributed by atoms with Crippen LogP contribution < -0.4 is 10.2 Å². The normalized spacial score (nSPS) is 18.2. The summed E-state index contributed by atoms with van der Waals surface area (Å²) < 4.78 is 0. The Morgan fingerprint density at radius 3 is 2.92 bits per heavy atom. The third-order valence-electron chi connectivity index (χ3n) is 5.03. The third kappa shape index (κ3) is 2.79. The van der Waals surface area contributed by atoms with Gasteiger partial charge in [0.2, 0.25) is 5.91 Å². The highest BCUT2D eigenvalue weighted by atomic mass is 16.2. The number of nitrogens with zero attached hydrogens (tertiary/aromatic N) is 4. The van der Waals surface area contributed by atoms with E-state index in [1.165, 1.54) is 0 Å². The molecule has 2 aromatic rings. The molecule has 2 amide bonds. The predicted octanol–water partition coefficient (Wildman–Crippen LogP) is 1.30. The van der Waals surface area contributed by atoms with Crippen LogP contribution in [0.15, 0.2) is 30.6 Å². The maximum atomic E-state index is 12.8. The molecule has 2 aliphatic heterocycles. The van der Waals surface area contributed by atoms with Gasteiger partial charge in [0.25, 0.3) is 5.91 Å². The minimum absolute atomic E-state index is 0.0302. The molecule has 7 heteroatoms. The quantitative estimate of drug-likeness (QED) is 0.902. The topological polar surface area (TPSA) is 78.4 Å². The zero-order valence-electron chi connectivity index (χ0n) is 14.9. The van der Waals surface area contributed by atoms with E-state index in [0.29, 0.717) is 18.7 Å². The van der Waals surface area contributed by atoms with E-state index in [0.717, 1.165) is 29.1 Å². The highest BCUT2D eigenvalue weighted by Crippen LogP contribution is 2.29. The molecule has 0 saturated heterocycles. The lowest BCUT2D eigenvalue weighted by Gasteiger charge is -2.30. The number of hydrogen-bond donors (Lipinski definition) is 1. The summed E-state index contributed by atoms with van der Waals surface area (Å²) in [4.78, 5) is 37.4. The first-order chi connectivity index (χ1) is 12.5. The number of anilines is 1. The number of benzene rings is 1. The van der Waals surface area contributed by atoms with Gasteiger partial charge in [-0.05, 0) is 18.1 Å². The lowest BCUT2D eigenvalue weighted by atomic mass is 10.0. The van der Waals surface area contributed by atoms with Crippen LogP contribution >= 0.6 is 0 Å². The van der Waals surface area contributed by atoms with Gasteiger partial charge in [0.05, 0.1) is 24.7 Å². The summed E-state index contributed by atoms with van der Waals surface area (Å²) in [5.74, 6) is 0.840. The molecule has 0 unspecified atom stereocenters. The zero-order chi connectivity index (χ0) is 18.3. The van der Waals surface area contributed by atoms with Gasteiger partial charge >= 0.3 is 0 Å². The SMILES string of the molecule is CN(C)c1ncnc2c1CCN(C(=O)C[C@@H]1NC(=O)c3ccccc31)C2. The van der Waals surface area contributed by atoms with E-state index < -0.39 is 0 Å². The highest BCUT2D eigenvalue weighted by molar-refractivity contribution is 5.99. The molecule has 0 spiro atoms. The average molecular weight is 351 g/mol. The summed E-state index contributed by atoms with van der Waals surface area (Å²) in [6.07, 6.45) is 2.56. The van der Waals surface area contributed by atoms with Crippen molar-refractivity contribution >= 4 is 17.6 Å². The fraction of sp³-hybridized carbons (Fsp3) is 0.368. The summed E-state index contributed by atoms with van der Waals surface area (Å²) in [5.41, 5.74) is 3.58. The molecule has 1 aromatic carbocycles. The number of rotatable bonds is 3.